The molecule has 3 N–H and O–H groups in total. The summed E-state index contributed by atoms with van der Waals surface area (Å²) in [6, 6.07) is 15.3. The number of aliphatic carboxylic acids is 1. The third kappa shape index (κ3) is 4.26. The number of rotatable bonds is 7. The fraction of sp³-hybridized carbons (Fsp3) is 0.375. The molecule has 0 radical (unpaired) electrons. The number of benzene rings is 2. The van der Waals surface area contributed by atoms with Gasteiger partial charge in [-0.25, -0.2) is 4.79 Å². The van der Waals surface area contributed by atoms with E-state index >= 15 is 0 Å². The van der Waals surface area contributed by atoms with Crippen molar-refractivity contribution in [3.63, 3.8) is 0 Å². The Hall–Kier alpha value is -3.35. The first-order valence-electron chi connectivity index (χ1n) is 10.6. The normalized spacial score (nSPS) is 20.0. The van der Waals surface area contributed by atoms with Crippen LogP contribution in [-0.4, -0.2) is 41.8 Å². The van der Waals surface area contributed by atoms with Gasteiger partial charge in [0.1, 0.15) is 12.6 Å². The molecule has 0 heterocycles. The molecule has 0 spiro atoms. The monoisotopic (exact) mass is 422 g/mol. The topological polar surface area (TPSA) is 105 Å². The van der Waals surface area contributed by atoms with Crippen LogP contribution in [0.5, 0.6) is 0 Å². The van der Waals surface area contributed by atoms with E-state index in [1.807, 2.05) is 36.4 Å². The lowest BCUT2D eigenvalue weighted by Gasteiger charge is -2.33. The number of ether oxygens (including phenoxy) is 1. The summed E-state index contributed by atoms with van der Waals surface area (Å²) < 4.78 is 5.51. The lowest BCUT2D eigenvalue weighted by atomic mass is 9.80. The number of carbonyl (C=O) groups is 3. The second-order valence-electron chi connectivity index (χ2n) is 8.14. The third-order valence-electron chi connectivity index (χ3n) is 6.19. The largest absolute Gasteiger partial charge is 0.481 e. The first-order chi connectivity index (χ1) is 15.0. The zero-order chi connectivity index (χ0) is 22.0. The van der Waals surface area contributed by atoms with Crippen LogP contribution in [0.15, 0.2) is 48.5 Å². The molecule has 1 saturated carbocycles. The van der Waals surface area contributed by atoms with Crippen molar-refractivity contribution in [3.8, 4) is 11.1 Å². The van der Waals surface area contributed by atoms with Gasteiger partial charge in [0.15, 0.2) is 0 Å². The SMILES string of the molecule is CC[C@@H](NC(=O)OCC1c2ccccc2-c2ccccc21)C(=O)NC1CC(C(=O)O)C1. The molecule has 1 atom stereocenters. The Morgan fingerprint density at radius 1 is 1.03 bits per heavy atom. The summed E-state index contributed by atoms with van der Waals surface area (Å²) in [5.74, 6) is -1.60. The minimum atomic E-state index is -0.839. The molecule has 2 aliphatic rings. The quantitative estimate of drug-likeness (QED) is 0.635. The second kappa shape index (κ2) is 8.79. The van der Waals surface area contributed by atoms with Crippen LogP contribution >= 0.6 is 0 Å². The fourth-order valence-corrected chi connectivity index (χ4v) is 4.37. The molecule has 2 aromatic carbocycles. The van der Waals surface area contributed by atoms with Crippen molar-refractivity contribution in [2.24, 2.45) is 5.92 Å². The highest BCUT2D eigenvalue weighted by atomic mass is 16.5. The van der Waals surface area contributed by atoms with Crippen LogP contribution in [0, 0.1) is 5.92 Å². The molecule has 2 aliphatic carbocycles. The predicted molar refractivity (Wildman–Crippen MR) is 115 cm³/mol. The van der Waals surface area contributed by atoms with Crippen LogP contribution in [0.4, 0.5) is 4.79 Å². The first-order valence-corrected chi connectivity index (χ1v) is 10.6. The standard InChI is InChI=1S/C24H26N2O5/c1-2-21(22(27)25-15-11-14(12-15)23(28)29)26-24(30)31-13-20-18-9-5-3-7-16(18)17-8-4-6-10-19(17)20/h3-10,14-15,20-21H,2,11-13H2,1H3,(H,25,27)(H,26,30)(H,28,29)/t14?,15?,21-/m1/s1. The molecule has 0 aromatic heterocycles. The van der Waals surface area contributed by atoms with E-state index in [4.69, 9.17) is 9.84 Å². The predicted octanol–water partition coefficient (Wildman–Crippen LogP) is 3.28. The van der Waals surface area contributed by atoms with Gasteiger partial charge in [0.2, 0.25) is 5.91 Å². The molecule has 0 saturated heterocycles. The van der Waals surface area contributed by atoms with Gasteiger partial charge in [-0.3, -0.25) is 9.59 Å². The maximum atomic E-state index is 12.4. The van der Waals surface area contributed by atoms with Crippen molar-refractivity contribution in [1.29, 1.82) is 0 Å². The summed E-state index contributed by atoms with van der Waals surface area (Å²) in [5.41, 5.74) is 4.55. The van der Waals surface area contributed by atoms with Crippen molar-refractivity contribution in [2.75, 3.05) is 6.61 Å². The average molecular weight is 422 g/mol. The van der Waals surface area contributed by atoms with Gasteiger partial charge in [-0.2, -0.15) is 0 Å². The van der Waals surface area contributed by atoms with E-state index in [1.54, 1.807) is 6.92 Å². The summed E-state index contributed by atoms with van der Waals surface area (Å²) in [4.78, 5) is 35.8. The Kier molecular flexibility index (Phi) is 5.93. The Bertz CT molecular complexity index is 953. The molecule has 1 fully saturated rings. The number of carbonyl (C=O) groups excluding carboxylic acids is 2. The van der Waals surface area contributed by atoms with Gasteiger partial charge < -0.3 is 20.5 Å². The molecule has 162 valence electrons. The molecule has 0 unspecified atom stereocenters. The molecular formula is C24H26N2O5. The molecule has 7 nitrogen and oxygen atoms in total. The summed E-state index contributed by atoms with van der Waals surface area (Å²) in [6.07, 6.45) is 0.608. The summed E-state index contributed by atoms with van der Waals surface area (Å²) >= 11 is 0. The Morgan fingerprint density at radius 2 is 1.61 bits per heavy atom. The van der Waals surface area contributed by atoms with Gasteiger partial charge in [0.25, 0.3) is 0 Å². The summed E-state index contributed by atoms with van der Waals surface area (Å²) in [7, 11) is 0. The molecule has 2 amide bonds. The molecule has 0 bridgehead atoms. The number of carboxylic acid groups (broad SMARTS) is 1. The van der Waals surface area contributed by atoms with Crippen LogP contribution in [0.3, 0.4) is 0 Å². The maximum absolute atomic E-state index is 12.4. The van der Waals surface area contributed by atoms with Crippen molar-refractivity contribution < 1.29 is 24.2 Å². The van der Waals surface area contributed by atoms with Crippen molar-refractivity contribution in [2.45, 2.75) is 44.2 Å². The first kappa shape index (κ1) is 20.9. The van der Waals surface area contributed by atoms with E-state index in [2.05, 4.69) is 22.8 Å². The third-order valence-corrected chi connectivity index (χ3v) is 6.19. The second-order valence-corrected chi connectivity index (χ2v) is 8.14. The van der Waals surface area contributed by atoms with Crippen LogP contribution in [-0.2, 0) is 14.3 Å². The van der Waals surface area contributed by atoms with Gasteiger partial charge >= 0.3 is 12.1 Å². The molecule has 2 aromatic rings. The summed E-state index contributed by atoms with van der Waals surface area (Å²) in [6.45, 7) is 1.98. The van der Waals surface area contributed by atoms with E-state index in [-0.39, 0.29) is 24.5 Å². The van der Waals surface area contributed by atoms with E-state index in [0.717, 1.165) is 22.3 Å². The van der Waals surface area contributed by atoms with Crippen LogP contribution < -0.4 is 10.6 Å². The van der Waals surface area contributed by atoms with E-state index in [9.17, 15) is 14.4 Å². The van der Waals surface area contributed by atoms with Gasteiger partial charge in [0.05, 0.1) is 5.92 Å². The zero-order valence-corrected chi connectivity index (χ0v) is 17.3. The highest BCUT2D eigenvalue weighted by molar-refractivity contribution is 5.86. The van der Waals surface area contributed by atoms with Crippen molar-refractivity contribution in [3.05, 3.63) is 59.7 Å². The van der Waals surface area contributed by atoms with Gasteiger partial charge in [-0.15, -0.1) is 0 Å². The van der Waals surface area contributed by atoms with Crippen molar-refractivity contribution in [1.82, 2.24) is 10.6 Å². The van der Waals surface area contributed by atoms with Crippen LogP contribution in [0.1, 0.15) is 43.2 Å². The number of alkyl carbamates (subject to hydrolysis) is 1. The molecule has 7 heteroatoms. The van der Waals surface area contributed by atoms with Crippen LogP contribution in [0.25, 0.3) is 11.1 Å². The van der Waals surface area contributed by atoms with Crippen molar-refractivity contribution >= 4 is 18.0 Å². The smallest absolute Gasteiger partial charge is 0.407 e. The number of carboxylic acids is 1. The number of nitrogens with one attached hydrogen (secondary N) is 2. The highest BCUT2D eigenvalue weighted by Gasteiger charge is 2.36. The number of hydrogen-bond acceptors (Lipinski definition) is 4. The van der Waals surface area contributed by atoms with E-state index < -0.39 is 24.0 Å². The van der Waals surface area contributed by atoms with E-state index in [1.165, 1.54) is 0 Å². The lowest BCUT2D eigenvalue weighted by Crippen LogP contribution is -2.53. The summed E-state index contributed by atoms with van der Waals surface area (Å²) in [5, 5.41) is 14.4. The highest BCUT2D eigenvalue weighted by Crippen LogP contribution is 2.44. The zero-order valence-electron chi connectivity index (χ0n) is 17.3. The average Bonchev–Trinajstić information content (AvgIpc) is 3.06. The van der Waals surface area contributed by atoms with E-state index in [0.29, 0.717) is 19.3 Å². The Balaban J connectivity index is 1.32. The molecule has 4 rings (SSSR count). The van der Waals surface area contributed by atoms with Crippen LogP contribution in [0.2, 0.25) is 0 Å². The lowest BCUT2D eigenvalue weighted by molar-refractivity contribution is -0.146. The Labute approximate surface area is 180 Å². The molecule has 0 aliphatic heterocycles. The fourth-order valence-electron chi connectivity index (χ4n) is 4.37. The minimum absolute atomic E-state index is 0.0463. The maximum Gasteiger partial charge on any atom is 0.407 e. The molecule has 31 heavy (non-hydrogen) atoms. The van der Waals surface area contributed by atoms with Gasteiger partial charge in [-0.05, 0) is 41.5 Å². The Morgan fingerprint density at radius 3 is 2.16 bits per heavy atom. The molecular weight excluding hydrogens is 396 g/mol. The number of amides is 2. The minimum Gasteiger partial charge on any atom is -0.481 e. The number of fused-ring (bicyclic) bond motifs is 3. The number of hydrogen-bond donors (Lipinski definition) is 3. The van der Waals surface area contributed by atoms with Gasteiger partial charge in [-0.1, -0.05) is 55.5 Å². The van der Waals surface area contributed by atoms with Gasteiger partial charge in [0, 0.05) is 12.0 Å².